The lowest BCUT2D eigenvalue weighted by Crippen LogP contribution is -2.54. The Morgan fingerprint density at radius 1 is 1.07 bits per heavy atom. The third-order valence-corrected chi connectivity index (χ3v) is 10.4. The average Bonchev–Trinajstić information content (AvgIpc) is 3.52. The molecule has 2 aliphatic heterocycles. The molecule has 1 aromatic carbocycles. The number of tetrazole rings is 1. The fourth-order valence-corrected chi connectivity index (χ4v) is 7.63. The smallest absolute Gasteiger partial charge is 0.226 e. The summed E-state index contributed by atoms with van der Waals surface area (Å²) in [5.41, 5.74) is 2.35. The molecule has 0 radical (unpaired) electrons. The van der Waals surface area contributed by atoms with Crippen LogP contribution in [0.15, 0.2) is 18.2 Å². The van der Waals surface area contributed by atoms with Crippen molar-refractivity contribution in [3.63, 3.8) is 0 Å². The fourth-order valence-electron chi connectivity index (χ4n) is 7.47. The molecule has 43 heavy (non-hydrogen) atoms. The summed E-state index contributed by atoms with van der Waals surface area (Å²) in [4.78, 5) is 23.2. The van der Waals surface area contributed by atoms with Gasteiger partial charge in [0.05, 0.1) is 16.4 Å². The summed E-state index contributed by atoms with van der Waals surface area (Å²) in [6.45, 7) is 10.1. The Morgan fingerprint density at radius 3 is 2.44 bits per heavy atom. The molecule has 0 bridgehead atoms. The molecular weight excluding hydrogens is 579 g/mol. The number of aryl methyl sites for hydroxylation is 2. The molecule has 1 spiro atoms. The number of likely N-dealkylation sites (tertiary alicyclic amines) is 2. The third-order valence-electron chi connectivity index (χ3n) is 9.99. The lowest BCUT2D eigenvalue weighted by molar-refractivity contribution is -0.140. The standard InChI is InChI=1S/C31H37ClF3N7O/c1-17-23(32)14-20-21(28-37-38-39-40(28)5)15-31(27(20)36-17)9-12-41(13-10-31)29(43)19-8-11-42(30(2,3)4)16-22(19)18-6-7-24(33)26(35)25(18)34/h6-7,14,19,21-22H,8-13,15-16H2,1-5H3/t19?,21?,22-/m0/s1. The SMILES string of the molecule is Cc1nc2c(cc1Cl)C(c1nnnn1C)CC21CCN(C(=O)C2CCN(C(C)(C)C)C[C@H]2c2ccc(F)c(F)c2F)CC1. The lowest BCUT2D eigenvalue weighted by atomic mass is 9.74. The highest BCUT2D eigenvalue weighted by molar-refractivity contribution is 6.31. The fraction of sp³-hybridized carbons (Fsp3) is 0.581. The van der Waals surface area contributed by atoms with Gasteiger partial charge in [0.1, 0.15) is 0 Å². The quantitative estimate of drug-likeness (QED) is 0.373. The van der Waals surface area contributed by atoms with Gasteiger partial charge in [-0.05, 0) is 93.6 Å². The first-order valence-corrected chi connectivity index (χ1v) is 15.3. The van der Waals surface area contributed by atoms with E-state index in [1.807, 2.05) is 24.9 Å². The summed E-state index contributed by atoms with van der Waals surface area (Å²) in [6, 6.07) is 4.23. The van der Waals surface area contributed by atoms with Crippen LogP contribution in [-0.2, 0) is 17.3 Å². The number of piperidine rings is 2. The zero-order chi connectivity index (χ0) is 30.8. The van der Waals surface area contributed by atoms with Crippen molar-refractivity contribution in [1.82, 2.24) is 35.0 Å². The summed E-state index contributed by atoms with van der Waals surface area (Å²) in [7, 11) is 1.82. The van der Waals surface area contributed by atoms with E-state index in [0.717, 1.165) is 35.3 Å². The summed E-state index contributed by atoms with van der Waals surface area (Å²) >= 11 is 6.52. The van der Waals surface area contributed by atoms with Crippen molar-refractivity contribution in [1.29, 1.82) is 0 Å². The maximum Gasteiger partial charge on any atom is 0.226 e. The minimum absolute atomic E-state index is 0.0566. The summed E-state index contributed by atoms with van der Waals surface area (Å²) in [5.74, 6) is -4.45. The van der Waals surface area contributed by atoms with Crippen LogP contribution < -0.4 is 0 Å². The van der Waals surface area contributed by atoms with Crippen LogP contribution in [0, 0.1) is 30.3 Å². The van der Waals surface area contributed by atoms with E-state index in [9.17, 15) is 13.6 Å². The van der Waals surface area contributed by atoms with Crippen molar-refractivity contribution in [2.45, 2.75) is 76.2 Å². The Kier molecular flexibility index (Phi) is 7.56. The molecule has 2 aromatic heterocycles. The second kappa shape index (κ2) is 10.8. The van der Waals surface area contributed by atoms with Crippen LogP contribution in [0.2, 0.25) is 5.02 Å². The number of benzene rings is 1. The molecule has 2 fully saturated rings. The van der Waals surface area contributed by atoms with Crippen molar-refractivity contribution < 1.29 is 18.0 Å². The van der Waals surface area contributed by atoms with Crippen molar-refractivity contribution in [3.05, 3.63) is 69.0 Å². The topological polar surface area (TPSA) is 80.0 Å². The molecule has 1 aliphatic carbocycles. The Balaban J connectivity index is 1.27. The van der Waals surface area contributed by atoms with Crippen LogP contribution in [0.1, 0.15) is 86.6 Å². The zero-order valence-electron chi connectivity index (χ0n) is 25.2. The van der Waals surface area contributed by atoms with E-state index < -0.39 is 29.3 Å². The molecule has 1 amide bonds. The predicted molar refractivity (Wildman–Crippen MR) is 155 cm³/mol. The van der Waals surface area contributed by atoms with E-state index in [1.54, 1.807) is 4.68 Å². The molecule has 8 nitrogen and oxygen atoms in total. The molecule has 3 aromatic rings. The van der Waals surface area contributed by atoms with E-state index in [1.165, 1.54) is 6.07 Å². The van der Waals surface area contributed by atoms with Crippen LogP contribution >= 0.6 is 11.6 Å². The number of nitrogens with zero attached hydrogens (tertiary/aromatic N) is 7. The summed E-state index contributed by atoms with van der Waals surface area (Å²) in [6.07, 6.45) is 2.67. The predicted octanol–water partition coefficient (Wildman–Crippen LogP) is 5.28. The lowest BCUT2D eigenvalue weighted by Gasteiger charge is -2.47. The maximum absolute atomic E-state index is 15.1. The van der Waals surface area contributed by atoms with Gasteiger partial charge in [0.25, 0.3) is 0 Å². The van der Waals surface area contributed by atoms with Crippen molar-refractivity contribution >= 4 is 17.5 Å². The largest absolute Gasteiger partial charge is 0.342 e. The molecular formula is C31H37ClF3N7O. The van der Waals surface area contributed by atoms with Gasteiger partial charge in [-0.3, -0.25) is 14.7 Å². The highest BCUT2D eigenvalue weighted by Crippen LogP contribution is 2.53. The Hall–Kier alpha value is -3.05. The van der Waals surface area contributed by atoms with Crippen LogP contribution in [0.3, 0.4) is 0 Å². The third kappa shape index (κ3) is 5.12. The Morgan fingerprint density at radius 2 is 1.79 bits per heavy atom. The molecule has 0 N–H and O–H groups in total. The van der Waals surface area contributed by atoms with Crippen molar-refractivity contribution in [2.75, 3.05) is 26.2 Å². The van der Waals surface area contributed by atoms with Gasteiger partial charge in [-0.1, -0.05) is 17.7 Å². The number of amides is 1. The van der Waals surface area contributed by atoms with E-state index in [-0.39, 0.29) is 28.3 Å². The van der Waals surface area contributed by atoms with Crippen LogP contribution in [0.25, 0.3) is 0 Å². The minimum Gasteiger partial charge on any atom is -0.342 e. The maximum atomic E-state index is 15.1. The van der Waals surface area contributed by atoms with E-state index in [0.29, 0.717) is 50.5 Å². The van der Waals surface area contributed by atoms with E-state index >= 15 is 4.39 Å². The van der Waals surface area contributed by atoms with E-state index in [2.05, 4.69) is 41.2 Å². The number of carbonyl (C=O) groups excluding carboxylic acids is 1. The van der Waals surface area contributed by atoms with Gasteiger partial charge in [0.2, 0.25) is 5.91 Å². The number of hydrogen-bond donors (Lipinski definition) is 0. The summed E-state index contributed by atoms with van der Waals surface area (Å²) in [5, 5.41) is 12.8. The van der Waals surface area contributed by atoms with Gasteiger partial charge in [-0.15, -0.1) is 5.10 Å². The second-order valence-corrected chi connectivity index (χ2v) is 13.8. The first-order valence-electron chi connectivity index (χ1n) is 14.9. The molecule has 4 heterocycles. The van der Waals surface area contributed by atoms with Gasteiger partial charge < -0.3 is 4.90 Å². The highest BCUT2D eigenvalue weighted by atomic mass is 35.5. The molecule has 2 saturated heterocycles. The zero-order valence-corrected chi connectivity index (χ0v) is 25.9. The van der Waals surface area contributed by atoms with Gasteiger partial charge in [0, 0.05) is 55.4 Å². The van der Waals surface area contributed by atoms with Crippen LogP contribution in [-0.4, -0.2) is 72.6 Å². The van der Waals surface area contributed by atoms with Gasteiger partial charge in [0.15, 0.2) is 23.3 Å². The number of pyridine rings is 1. The van der Waals surface area contributed by atoms with Gasteiger partial charge >= 0.3 is 0 Å². The average molecular weight is 616 g/mol. The number of hydrogen-bond acceptors (Lipinski definition) is 6. The van der Waals surface area contributed by atoms with Crippen LogP contribution in [0.5, 0.6) is 0 Å². The van der Waals surface area contributed by atoms with Crippen molar-refractivity contribution in [2.24, 2.45) is 13.0 Å². The number of halogens is 4. The Bertz CT molecular complexity index is 1560. The first kappa shape index (κ1) is 30.0. The number of fused-ring (bicyclic) bond motifs is 2. The summed E-state index contributed by atoms with van der Waals surface area (Å²) < 4.78 is 45.1. The van der Waals surface area contributed by atoms with Gasteiger partial charge in [-0.25, -0.2) is 17.9 Å². The molecule has 12 heteroatoms. The highest BCUT2D eigenvalue weighted by Gasteiger charge is 2.50. The number of rotatable bonds is 3. The first-order chi connectivity index (χ1) is 20.3. The van der Waals surface area contributed by atoms with Crippen molar-refractivity contribution in [3.8, 4) is 0 Å². The Labute approximate surface area is 254 Å². The molecule has 3 aliphatic rings. The second-order valence-electron chi connectivity index (χ2n) is 13.4. The minimum atomic E-state index is -1.49. The normalized spacial score (nSPS) is 24.0. The monoisotopic (exact) mass is 615 g/mol. The van der Waals surface area contributed by atoms with E-state index in [4.69, 9.17) is 16.6 Å². The molecule has 2 unspecified atom stereocenters. The number of carbonyl (C=O) groups is 1. The molecule has 6 rings (SSSR count). The molecule has 3 atom stereocenters. The molecule has 0 saturated carbocycles. The van der Waals surface area contributed by atoms with Gasteiger partial charge in [-0.2, -0.15) is 0 Å². The molecule has 230 valence electrons. The number of aromatic nitrogens is 5. The van der Waals surface area contributed by atoms with Crippen LogP contribution in [0.4, 0.5) is 13.2 Å².